The summed E-state index contributed by atoms with van der Waals surface area (Å²) < 4.78 is 0. The second-order valence-electron chi connectivity index (χ2n) is 4.52. The third-order valence-corrected chi connectivity index (χ3v) is 2.92. The zero-order valence-corrected chi connectivity index (χ0v) is 11.1. The number of hydrogen-bond acceptors (Lipinski definition) is 2. The largest absolute Gasteiger partial charge is 0.386 e. The van der Waals surface area contributed by atoms with Crippen molar-refractivity contribution in [1.29, 1.82) is 0 Å². The first kappa shape index (κ1) is 14.3. The summed E-state index contributed by atoms with van der Waals surface area (Å²) in [7, 11) is 0. The maximum Gasteiger partial charge on any atom is 0.102 e. The predicted octanol–water partition coefficient (Wildman–Crippen LogP) is 3.14. The Morgan fingerprint density at radius 3 is 1.30 bits per heavy atom. The van der Waals surface area contributed by atoms with E-state index < -0.39 is 12.2 Å². The van der Waals surface area contributed by atoms with Gasteiger partial charge in [0.1, 0.15) is 12.2 Å². The fraction of sp³-hybridized carbons (Fsp3) is 0.111. The molecule has 2 aromatic carbocycles. The molecule has 0 saturated carbocycles. The summed E-state index contributed by atoms with van der Waals surface area (Å²) in [5.74, 6) is 0. The molecule has 0 unspecified atom stereocenters. The Labute approximate surface area is 119 Å². The molecule has 0 amide bonds. The molecule has 2 rings (SSSR count). The first-order chi connectivity index (χ1) is 9.75. The van der Waals surface area contributed by atoms with Crippen molar-refractivity contribution in [2.24, 2.45) is 0 Å². The van der Waals surface area contributed by atoms with E-state index in [-0.39, 0.29) is 0 Å². The second-order valence-corrected chi connectivity index (χ2v) is 4.52. The summed E-state index contributed by atoms with van der Waals surface area (Å²) in [5.41, 5.74) is 1.98. The van der Waals surface area contributed by atoms with Crippen molar-refractivity contribution in [1.82, 2.24) is 0 Å². The number of aliphatic hydroxyl groups is 2. The van der Waals surface area contributed by atoms with Crippen LogP contribution in [0.5, 0.6) is 0 Å². The number of rotatable bonds is 5. The lowest BCUT2D eigenvalue weighted by Crippen LogP contribution is -2.20. The third kappa shape index (κ3) is 4.50. The fourth-order valence-corrected chi connectivity index (χ4v) is 1.78. The topological polar surface area (TPSA) is 40.5 Å². The van der Waals surface area contributed by atoms with Crippen LogP contribution in [0.4, 0.5) is 0 Å². The van der Waals surface area contributed by atoms with Crippen molar-refractivity contribution in [2.45, 2.75) is 12.2 Å². The highest BCUT2D eigenvalue weighted by molar-refractivity contribution is 5.51. The molecule has 2 heteroatoms. The zero-order valence-electron chi connectivity index (χ0n) is 11.1. The van der Waals surface area contributed by atoms with Gasteiger partial charge in [-0.25, -0.2) is 0 Å². The molecule has 0 heterocycles. The summed E-state index contributed by atoms with van der Waals surface area (Å²) in [6.45, 7) is 0. The molecule has 0 spiro atoms. The van der Waals surface area contributed by atoms with Crippen LogP contribution in [0.15, 0.2) is 72.8 Å². The normalized spacial score (nSPS) is 14.7. The quantitative estimate of drug-likeness (QED) is 0.873. The van der Waals surface area contributed by atoms with Gasteiger partial charge in [-0.2, -0.15) is 0 Å². The number of benzene rings is 2. The highest BCUT2D eigenvalue weighted by atomic mass is 16.3. The van der Waals surface area contributed by atoms with Crippen LogP contribution in [0.25, 0.3) is 12.2 Å². The molecule has 0 saturated heterocycles. The minimum Gasteiger partial charge on any atom is -0.386 e. The molecule has 20 heavy (non-hydrogen) atoms. The number of aliphatic hydroxyl groups excluding tert-OH is 2. The third-order valence-electron chi connectivity index (χ3n) is 2.92. The molecular weight excluding hydrogens is 248 g/mol. The molecule has 0 aromatic heterocycles. The lowest BCUT2D eigenvalue weighted by Gasteiger charge is -2.09. The average molecular weight is 266 g/mol. The second kappa shape index (κ2) is 7.43. The van der Waals surface area contributed by atoms with Gasteiger partial charge in [-0.15, -0.1) is 0 Å². The van der Waals surface area contributed by atoms with Gasteiger partial charge < -0.3 is 10.2 Å². The highest BCUT2D eigenvalue weighted by Crippen LogP contribution is 2.07. The van der Waals surface area contributed by atoms with Crippen LogP contribution >= 0.6 is 0 Å². The lowest BCUT2D eigenvalue weighted by atomic mass is 10.1. The minimum absolute atomic E-state index is 0.921. The van der Waals surface area contributed by atoms with E-state index in [4.69, 9.17) is 0 Å². The summed E-state index contributed by atoms with van der Waals surface area (Å²) in [5, 5.41) is 19.7. The molecule has 2 atom stereocenters. The van der Waals surface area contributed by atoms with Crippen molar-refractivity contribution in [3.8, 4) is 0 Å². The van der Waals surface area contributed by atoms with Crippen molar-refractivity contribution in [2.75, 3.05) is 0 Å². The van der Waals surface area contributed by atoms with Gasteiger partial charge in [0.05, 0.1) is 0 Å². The van der Waals surface area contributed by atoms with Crippen LogP contribution in [0.1, 0.15) is 11.1 Å². The van der Waals surface area contributed by atoms with Gasteiger partial charge in [-0.1, -0.05) is 85.0 Å². The maximum absolute atomic E-state index is 9.87. The van der Waals surface area contributed by atoms with Crippen molar-refractivity contribution in [3.05, 3.63) is 83.9 Å². The van der Waals surface area contributed by atoms with Crippen LogP contribution in [-0.2, 0) is 0 Å². The van der Waals surface area contributed by atoms with Crippen LogP contribution in [0.2, 0.25) is 0 Å². The molecule has 0 aliphatic rings. The molecule has 0 aliphatic carbocycles. The van der Waals surface area contributed by atoms with E-state index >= 15 is 0 Å². The molecule has 0 radical (unpaired) electrons. The molecule has 0 fully saturated rings. The minimum atomic E-state index is -0.921. The van der Waals surface area contributed by atoms with Gasteiger partial charge in [0.2, 0.25) is 0 Å². The molecule has 2 aromatic rings. The van der Waals surface area contributed by atoms with Crippen molar-refractivity contribution in [3.63, 3.8) is 0 Å². The highest BCUT2D eigenvalue weighted by Gasteiger charge is 2.08. The lowest BCUT2D eigenvalue weighted by molar-refractivity contribution is 0.0818. The van der Waals surface area contributed by atoms with E-state index in [0.717, 1.165) is 11.1 Å². The standard InChI is InChI=1S/C18H18O2/c19-17(13-11-15-7-3-1-4-8-15)18(20)14-12-16-9-5-2-6-10-16/h1-14,17-20H/b13-11-,14-12+/t17-,18-/m1/s1. The van der Waals surface area contributed by atoms with Crippen LogP contribution in [0.3, 0.4) is 0 Å². The van der Waals surface area contributed by atoms with Crippen LogP contribution < -0.4 is 0 Å². The molecule has 2 N–H and O–H groups in total. The van der Waals surface area contributed by atoms with E-state index in [1.54, 1.807) is 24.3 Å². The molecule has 0 bridgehead atoms. The Morgan fingerprint density at radius 2 is 0.950 bits per heavy atom. The van der Waals surface area contributed by atoms with E-state index in [1.807, 2.05) is 60.7 Å². The van der Waals surface area contributed by atoms with Gasteiger partial charge >= 0.3 is 0 Å². The molecule has 102 valence electrons. The van der Waals surface area contributed by atoms with E-state index in [0.29, 0.717) is 0 Å². The first-order valence-electron chi connectivity index (χ1n) is 6.58. The van der Waals surface area contributed by atoms with Crippen LogP contribution in [-0.4, -0.2) is 22.4 Å². The summed E-state index contributed by atoms with van der Waals surface area (Å²) in [4.78, 5) is 0. The van der Waals surface area contributed by atoms with Gasteiger partial charge in [0.25, 0.3) is 0 Å². The number of hydrogen-bond donors (Lipinski definition) is 2. The molecular formula is C18H18O2. The van der Waals surface area contributed by atoms with E-state index in [9.17, 15) is 10.2 Å². The summed E-state index contributed by atoms with van der Waals surface area (Å²) >= 11 is 0. The summed E-state index contributed by atoms with van der Waals surface area (Å²) in [6.07, 6.45) is 4.93. The molecule has 0 aliphatic heterocycles. The van der Waals surface area contributed by atoms with Gasteiger partial charge in [-0.05, 0) is 11.1 Å². The van der Waals surface area contributed by atoms with Crippen LogP contribution in [0, 0.1) is 0 Å². The van der Waals surface area contributed by atoms with Gasteiger partial charge in [0.15, 0.2) is 0 Å². The Kier molecular flexibility index (Phi) is 5.30. The SMILES string of the molecule is O[C@H](/C=C\c1ccccc1)[C@H](O)/C=C/c1ccccc1. The smallest absolute Gasteiger partial charge is 0.102 e. The first-order valence-corrected chi connectivity index (χ1v) is 6.58. The van der Waals surface area contributed by atoms with Crippen molar-refractivity contribution >= 4 is 12.2 Å². The van der Waals surface area contributed by atoms with Gasteiger partial charge in [0, 0.05) is 0 Å². The predicted molar refractivity (Wildman–Crippen MR) is 83.0 cm³/mol. The average Bonchev–Trinajstić information content (AvgIpc) is 2.52. The monoisotopic (exact) mass is 266 g/mol. The van der Waals surface area contributed by atoms with E-state index in [2.05, 4.69) is 0 Å². The Morgan fingerprint density at radius 1 is 0.600 bits per heavy atom. The molecule has 2 nitrogen and oxygen atoms in total. The maximum atomic E-state index is 9.87. The zero-order chi connectivity index (χ0) is 14.2. The van der Waals surface area contributed by atoms with Crippen molar-refractivity contribution < 1.29 is 10.2 Å². The van der Waals surface area contributed by atoms with E-state index in [1.165, 1.54) is 0 Å². The summed E-state index contributed by atoms with van der Waals surface area (Å²) in [6, 6.07) is 19.3. The Balaban J connectivity index is 1.94. The fourth-order valence-electron chi connectivity index (χ4n) is 1.78. The Bertz CT molecular complexity index is 505. The van der Waals surface area contributed by atoms with Gasteiger partial charge in [-0.3, -0.25) is 0 Å². The Hall–Kier alpha value is -2.16.